The van der Waals surface area contributed by atoms with Gasteiger partial charge in [-0.2, -0.15) is 18.1 Å². The normalized spacial score (nSPS) is 14.6. The Kier molecular flexibility index (Phi) is 15.1. The highest BCUT2D eigenvalue weighted by Gasteiger charge is 2.61. The second-order valence-corrected chi connectivity index (χ2v) is 22.6. The topological polar surface area (TPSA) is 135 Å². The summed E-state index contributed by atoms with van der Waals surface area (Å²) in [5.74, 6) is -1.47. The summed E-state index contributed by atoms with van der Waals surface area (Å²) in [5.41, 5.74) is -4.85. The summed E-state index contributed by atoms with van der Waals surface area (Å²) in [6.45, 7) is 23.1. The average molecular weight is 874 g/mol. The molecule has 2 heterocycles. The molecule has 0 aliphatic heterocycles. The number of pyridine rings is 1. The van der Waals surface area contributed by atoms with E-state index in [0.29, 0.717) is 22.4 Å². The number of rotatable bonds is 14. The minimum Gasteiger partial charge on any atom is -0.443 e. The minimum atomic E-state index is -5.09. The summed E-state index contributed by atoms with van der Waals surface area (Å²) in [5, 5.41) is 7.80. The molecule has 17 heteroatoms. The molecule has 12 nitrogen and oxygen atoms in total. The van der Waals surface area contributed by atoms with E-state index in [1.807, 2.05) is 6.92 Å². The van der Waals surface area contributed by atoms with E-state index in [9.17, 15) is 9.59 Å². The number of aryl methyl sites for hydroxylation is 1. The summed E-state index contributed by atoms with van der Waals surface area (Å²) in [4.78, 5) is 32.2. The third-order valence-electron chi connectivity index (χ3n) is 8.85. The number of hydrogen-bond donors (Lipinski definition) is 0. The van der Waals surface area contributed by atoms with Gasteiger partial charge in [0.1, 0.15) is 15.8 Å². The molecule has 3 aromatic rings. The predicted molar refractivity (Wildman–Crippen MR) is 212 cm³/mol. The van der Waals surface area contributed by atoms with Gasteiger partial charge in [0, 0.05) is 19.1 Å². The van der Waals surface area contributed by atoms with Gasteiger partial charge < -0.3 is 27.8 Å². The van der Waals surface area contributed by atoms with Gasteiger partial charge in [0.25, 0.3) is 11.8 Å². The van der Waals surface area contributed by atoms with Crippen LogP contribution < -0.4 is 4.90 Å². The van der Waals surface area contributed by atoms with E-state index in [0.717, 1.165) is 0 Å². The van der Waals surface area contributed by atoms with Gasteiger partial charge in [-0.05, 0) is 113 Å². The van der Waals surface area contributed by atoms with E-state index < -0.39 is 68.3 Å². The molecule has 0 N–H and O–H groups in total. The molecule has 0 fully saturated rings. The van der Waals surface area contributed by atoms with E-state index in [2.05, 4.69) is 65.0 Å². The highest BCUT2D eigenvalue weighted by molar-refractivity contribution is 9.10. The molecule has 1 unspecified atom stereocenters. The summed E-state index contributed by atoms with van der Waals surface area (Å²) in [6, 6.07) is 9.75. The summed E-state index contributed by atoms with van der Waals surface area (Å²) < 4.78 is 81.5. The van der Waals surface area contributed by atoms with Gasteiger partial charge >= 0.3 is 18.4 Å². The summed E-state index contributed by atoms with van der Waals surface area (Å²) in [7, 11) is -2.07. The van der Waals surface area contributed by atoms with Crippen molar-refractivity contribution in [1.29, 1.82) is 0 Å². The van der Waals surface area contributed by atoms with Crippen molar-refractivity contribution in [3.05, 3.63) is 58.0 Å². The highest BCUT2D eigenvalue weighted by atomic mass is 79.9. The Hall–Kier alpha value is -3.38. The third-order valence-corrected chi connectivity index (χ3v) is 14.3. The average Bonchev–Trinajstić information content (AvgIpc) is 3.52. The summed E-state index contributed by atoms with van der Waals surface area (Å²) in [6.07, 6.45) is -7.81. The monoisotopic (exact) mass is 872 g/mol. The van der Waals surface area contributed by atoms with Gasteiger partial charge in [0.2, 0.25) is 5.60 Å². The number of halogens is 4. The molecule has 2 amide bonds. The van der Waals surface area contributed by atoms with Crippen LogP contribution in [0.3, 0.4) is 0 Å². The maximum Gasteiger partial charge on any atom is 0.426 e. The SMILES string of the molecule is Cc1cc(N(C(=O)OC(C)(C)C)C(=O)OC(C)(C)C)c(-c2nnc(C(CCOCC[C@H](C)O[Si](C)(C)C(C)(C)C)(OCc3ccccc3)C(F)(F)F)o2)nc1Br. The number of carbonyl (C=O) groups excluding carboxylic acids is 2. The maximum absolute atomic E-state index is 15.5. The number of ether oxygens (including phenoxy) is 4. The largest absolute Gasteiger partial charge is 0.443 e. The van der Waals surface area contributed by atoms with Crippen LogP contribution in [0.25, 0.3) is 11.6 Å². The molecule has 0 saturated heterocycles. The number of benzene rings is 1. The van der Waals surface area contributed by atoms with Crippen LogP contribution in [0.1, 0.15) is 99.1 Å². The summed E-state index contributed by atoms with van der Waals surface area (Å²) >= 11 is 3.33. The molecule has 2 aromatic heterocycles. The first-order chi connectivity index (χ1) is 25.6. The molecule has 0 saturated carbocycles. The molecule has 0 aliphatic rings. The quantitative estimate of drug-likeness (QED) is 0.0870. The molecule has 3 rings (SSSR count). The van der Waals surface area contributed by atoms with E-state index in [-0.39, 0.29) is 40.3 Å². The Bertz CT molecular complexity index is 1760. The fraction of sp³-hybridized carbons (Fsp3) is 0.615. The maximum atomic E-state index is 15.5. The first-order valence-corrected chi connectivity index (χ1v) is 22.0. The Morgan fingerprint density at radius 2 is 1.48 bits per heavy atom. The number of hydrogen-bond acceptors (Lipinski definition) is 11. The lowest BCUT2D eigenvalue weighted by molar-refractivity contribution is -0.302. The molecule has 0 spiro atoms. The number of nitrogens with zero attached hydrogens (tertiary/aromatic N) is 4. The number of alkyl halides is 3. The molecule has 1 aromatic carbocycles. The van der Waals surface area contributed by atoms with Gasteiger partial charge in [-0.15, -0.1) is 10.2 Å². The first-order valence-electron chi connectivity index (χ1n) is 18.3. The zero-order valence-corrected chi connectivity index (χ0v) is 37.2. The highest BCUT2D eigenvalue weighted by Crippen LogP contribution is 2.46. The lowest BCUT2D eigenvalue weighted by Gasteiger charge is -2.38. The van der Waals surface area contributed by atoms with E-state index >= 15 is 13.2 Å². The van der Waals surface area contributed by atoms with Crippen LogP contribution in [0.4, 0.5) is 28.4 Å². The number of aromatic nitrogens is 3. The van der Waals surface area contributed by atoms with Crippen molar-refractivity contribution in [3.8, 4) is 11.6 Å². The first kappa shape index (κ1) is 47.0. The van der Waals surface area contributed by atoms with Crippen molar-refractivity contribution in [2.75, 3.05) is 18.1 Å². The fourth-order valence-electron chi connectivity index (χ4n) is 4.95. The molecule has 0 aliphatic carbocycles. The van der Waals surface area contributed by atoms with Crippen LogP contribution in [0.5, 0.6) is 0 Å². The van der Waals surface area contributed by atoms with E-state index in [4.69, 9.17) is 27.8 Å². The van der Waals surface area contributed by atoms with Crippen LogP contribution in [0.15, 0.2) is 45.4 Å². The molecular weight excluding hydrogens is 817 g/mol. The van der Waals surface area contributed by atoms with Crippen molar-refractivity contribution in [2.24, 2.45) is 0 Å². The second-order valence-electron chi connectivity index (χ2n) is 17.1. The molecule has 2 atom stereocenters. The standard InChI is InChI=1S/C39H56BrF3N4O8Si/c1-25-23-28(47(33(48)53-35(3,4)5)34(49)54-36(6,7)8)29(44-30(25)40)31-45-46-32(52-31)38(39(41,42)43,51-24-27-17-15-14-16-18-27)20-22-50-21-19-26(2)55-56(12,13)37(9,10)11/h14-18,23,26H,19-22,24H2,1-13H3/t26-,38?/m0/s1. The number of carbonyl (C=O) groups is 2. The van der Waals surface area contributed by atoms with Gasteiger partial charge in [-0.3, -0.25) is 0 Å². The van der Waals surface area contributed by atoms with Crippen molar-refractivity contribution in [2.45, 2.75) is 143 Å². The Labute approximate surface area is 337 Å². The second kappa shape index (κ2) is 18.0. The lowest BCUT2D eigenvalue weighted by atomic mass is 9.98. The zero-order valence-electron chi connectivity index (χ0n) is 34.6. The molecule has 0 radical (unpaired) electrons. The minimum absolute atomic E-state index is 0.0118. The van der Waals surface area contributed by atoms with Gasteiger partial charge in [-0.1, -0.05) is 51.1 Å². The fourth-order valence-corrected chi connectivity index (χ4v) is 6.71. The number of imide groups is 1. The number of amides is 2. The predicted octanol–water partition coefficient (Wildman–Crippen LogP) is 11.1. The lowest BCUT2D eigenvalue weighted by Crippen LogP contribution is -2.46. The van der Waals surface area contributed by atoms with Crippen molar-refractivity contribution < 1.29 is 50.6 Å². The van der Waals surface area contributed by atoms with E-state index in [1.54, 1.807) is 78.8 Å². The van der Waals surface area contributed by atoms with Crippen LogP contribution in [-0.2, 0) is 35.6 Å². The Morgan fingerprint density at radius 3 is 2.00 bits per heavy atom. The molecule has 312 valence electrons. The van der Waals surface area contributed by atoms with Gasteiger partial charge in [0.15, 0.2) is 14.0 Å². The van der Waals surface area contributed by atoms with Crippen molar-refractivity contribution in [1.82, 2.24) is 15.2 Å². The van der Waals surface area contributed by atoms with Crippen molar-refractivity contribution >= 4 is 42.1 Å². The van der Waals surface area contributed by atoms with Crippen LogP contribution in [0, 0.1) is 6.92 Å². The van der Waals surface area contributed by atoms with Crippen molar-refractivity contribution in [3.63, 3.8) is 0 Å². The third kappa shape index (κ3) is 12.6. The van der Waals surface area contributed by atoms with Gasteiger partial charge in [0.05, 0.1) is 18.9 Å². The van der Waals surface area contributed by atoms with Gasteiger partial charge in [-0.25, -0.2) is 14.6 Å². The number of anilines is 1. The molecular formula is C39H56BrF3N4O8Si. The van der Waals surface area contributed by atoms with E-state index in [1.165, 1.54) is 6.07 Å². The zero-order chi connectivity index (χ0) is 42.5. The van der Waals surface area contributed by atoms with Crippen LogP contribution >= 0.6 is 15.9 Å². The van der Waals surface area contributed by atoms with Crippen LogP contribution in [0.2, 0.25) is 18.1 Å². The Balaban J connectivity index is 2.08. The smallest absolute Gasteiger partial charge is 0.426 e. The molecule has 56 heavy (non-hydrogen) atoms. The molecule has 0 bridgehead atoms. The van der Waals surface area contributed by atoms with Crippen LogP contribution in [-0.4, -0.2) is 72.4 Å². The Morgan fingerprint density at radius 1 is 0.911 bits per heavy atom.